The van der Waals surface area contributed by atoms with Gasteiger partial charge in [0.25, 0.3) is 0 Å². The molecule has 6 nitrogen and oxygen atoms in total. The Morgan fingerprint density at radius 2 is 2.10 bits per heavy atom. The number of anilines is 1. The molecule has 2 aromatic rings. The summed E-state index contributed by atoms with van der Waals surface area (Å²) in [4.78, 5) is 24.5. The summed E-state index contributed by atoms with van der Waals surface area (Å²) in [5, 5.41) is 10.1. The number of carbonyl (C=O) groups excluding carboxylic acids is 2. The molecule has 0 spiro atoms. The molecule has 154 valence electrons. The molecule has 1 saturated heterocycles. The van der Waals surface area contributed by atoms with Crippen LogP contribution in [0.15, 0.2) is 42.5 Å². The number of halogens is 2. The topological polar surface area (TPSA) is 79.5 Å². The van der Waals surface area contributed by atoms with Crippen LogP contribution in [0.3, 0.4) is 0 Å². The first-order valence-electron chi connectivity index (χ1n) is 8.98. The van der Waals surface area contributed by atoms with Crippen LogP contribution in [0.25, 0.3) is 0 Å². The minimum Gasteiger partial charge on any atom is -0.495 e. The Balaban J connectivity index is 1.52. The standard InChI is InChI=1S/C20H21Cl2N3O3S/c1-28-17-6-5-14(8-16(17)22)23-18(26)9-15-10-19(27)25-20(24-15)29-11-12-3-2-4-13(21)7-12/h2-8,15,20,24H,9-11H2,1H3,(H,23,26)(H,25,27). The average molecular weight is 454 g/mol. The molecule has 3 N–H and O–H groups in total. The second-order valence-corrected chi connectivity index (χ2v) is 8.49. The molecule has 2 amide bonds. The molecule has 9 heteroatoms. The fourth-order valence-electron chi connectivity index (χ4n) is 2.95. The summed E-state index contributed by atoms with van der Waals surface area (Å²) in [6, 6.07) is 12.4. The van der Waals surface area contributed by atoms with Crippen molar-refractivity contribution in [2.24, 2.45) is 0 Å². The lowest BCUT2D eigenvalue weighted by molar-refractivity contribution is -0.124. The number of carbonyl (C=O) groups is 2. The molecule has 0 aliphatic carbocycles. The smallest absolute Gasteiger partial charge is 0.225 e. The third kappa shape index (κ3) is 6.54. The third-order valence-corrected chi connectivity index (χ3v) is 5.90. The molecular weight excluding hydrogens is 433 g/mol. The maximum Gasteiger partial charge on any atom is 0.225 e. The maximum atomic E-state index is 12.4. The zero-order valence-corrected chi connectivity index (χ0v) is 18.0. The van der Waals surface area contributed by atoms with E-state index in [2.05, 4.69) is 16.0 Å². The minimum atomic E-state index is -0.275. The van der Waals surface area contributed by atoms with E-state index >= 15 is 0 Å². The zero-order chi connectivity index (χ0) is 20.8. The Morgan fingerprint density at radius 1 is 1.28 bits per heavy atom. The zero-order valence-electron chi connectivity index (χ0n) is 15.7. The second kappa shape index (κ2) is 10.2. The van der Waals surface area contributed by atoms with E-state index in [4.69, 9.17) is 27.9 Å². The highest BCUT2D eigenvalue weighted by Crippen LogP contribution is 2.27. The van der Waals surface area contributed by atoms with Crippen molar-refractivity contribution >= 4 is 52.5 Å². The van der Waals surface area contributed by atoms with Crippen molar-refractivity contribution in [1.29, 1.82) is 0 Å². The van der Waals surface area contributed by atoms with Crippen LogP contribution in [0.1, 0.15) is 18.4 Å². The Hall–Kier alpha value is -1.93. The number of hydrogen-bond acceptors (Lipinski definition) is 5. The van der Waals surface area contributed by atoms with Crippen LogP contribution in [0.4, 0.5) is 5.69 Å². The lowest BCUT2D eigenvalue weighted by Crippen LogP contribution is -2.55. The van der Waals surface area contributed by atoms with Crippen LogP contribution in [0.2, 0.25) is 10.0 Å². The molecule has 1 fully saturated rings. The molecule has 2 atom stereocenters. The molecule has 1 aliphatic rings. The highest BCUT2D eigenvalue weighted by atomic mass is 35.5. The molecular formula is C20H21Cl2N3O3S. The number of amides is 2. The van der Waals surface area contributed by atoms with E-state index < -0.39 is 0 Å². The predicted molar refractivity (Wildman–Crippen MR) is 117 cm³/mol. The fraction of sp³-hybridized carbons (Fsp3) is 0.300. The Bertz CT molecular complexity index is 897. The molecule has 0 bridgehead atoms. The molecule has 29 heavy (non-hydrogen) atoms. The summed E-state index contributed by atoms with van der Waals surface area (Å²) < 4.78 is 5.10. The van der Waals surface area contributed by atoms with Gasteiger partial charge in [0.05, 0.1) is 12.1 Å². The molecule has 0 saturated carbocycles. The first-order valence-corrected chi connectivity index (χ1v) is 10.8. The van der Waals surface area contributed by atoms with Crippen molar-refractivity contribution in [3.05, 3.63) is 58.1 Å². The van der Waals surface area contributed by atoms with E-state index in [9.17, 15) is 9.59 Å². The molecule has 0 aromatic heterocycles. The van der Waals surface area contributed by atoms with Crippen molar-refractivity contribution in [3.8, 4) is 5.75 Å². The molecule has 1 aliphatic heterocycles. The van der Waals surface area contributed by atoms with Gasteiger partial charge in [0.2, 0.25) is 11.8 Å². The SMILES string of the molecule is COc1ccc(NC(=O)CC2CC(=O)NC(SCc3cccc(Cl)c3)N2)cc1Cl. The van der Waals surface area contributed by atoms with Gasteiger partial charge in [-0.15, -0.1) is 11.8 Å². The van der Waals surface area contributed by atoms with E-state index in [1.807, 2.05) is 24.3 Å². The molecule has 2 aromatic carbocycles. The van der Waals surface area contributed by atoms with Crippen LogP contribution in [-0.4, -0.2) is 30.5 Å². The number of ether oxygens (including phenoxy) is 1. The minimum absolute atomic E-state index is 0.0855. The molecule has 1 heterocycles. The number of rotatable bonds is 7. The monoisotopic (exact) mass is 453 g/mol. The first-order chi connectivity index (χ1) is 13.9. The van der Waals surface area contributed by atoms with Gasteiger partial charge >= 0.3 is 0 Å². The van der Waals surface area contributed by atoms with Gasteiger partial charge in [-0.2, -0.15) is 0 Å². The van der Waals surface area contributed by atoms with Gasteiger partial charge in [0.1, 0.15) is 11.2 Å². The summed E-state index contributed by atoms with van der Waals surface area (Å²) in [6.07, 6.45) is 0.413. The van der Waals surface area contributed by atoms with Gasteiger partial charge in [-0.05, 0) is 35.9 Å². The number of thioether (sulfide) groups is 1. The number of benzene rings is 2. The van der Waals surface area contributed by atoms with Crippen LogP contribution >= 0.6 is 35.0 Å². The van der Waals surface area contributed by atoms with Crippen LogP contribution < -0.4 is 20.7 Å². The summed E-state index contributed by atoms with van der Waals surface area (Å²) in [6.45, 7) is 0. The summed E-state index contributed by atoms with van der Waals surface area (Å²) >= 11 is 13.6. The average Bonchev–Trinajstić information content (AvgIpc) is 2.66. The van der Waals surface area contributed by atoms with Gasteiger partial charge in [0.15, 0.2) is 0 Å². The van der Waals surface area contributed by atoms with E-state index in [0.717, 1.165) is 5.56 Å². The molecule has 3 rings (SSSR count). The fourth-order valence-corrected chi connectivity index (χ4v) is 4.46. The predicted octanol–water partition coefficient (Wildman–Crippen LogP) is 4.03. The van der Waals surface area contributed by atoms with E-state index in [-0.39, 0.29) is 36.2 Å². The second-order valence-electron chi connectivity index (χ2n) is 6.56. The highest BCUT2D eigenvalue weighted by Gasteiger charge is 2.27. The number of methoxy groups -OCH3 is 1. The van der Waals surface area contributed by atoms with Gasteiger partial charge < -0.3 is 15.4 Å². The summed E-state index contributed by atoms with van der Waals surface area (Å²) in [5.41, 5.74) is 1.37. The normalized spacial score (nSPS) is 18.8. The van der Waals surface area contributed by atoms with Crippen LogP contribution in [0.5, 0.6) is 5.75 Å². The van der Waals surface area contributed by atoms with Crippen LogP contribution in [0, 0.1) is 0 Å². The summed E-state index contributed by atoms with van der Waals surface area (Å²) in [7, 11) is 1.53. The van der Waals surface area contributed by atoms with Gasteiger partial charge in [0, 0.05) is 35.3 Å². The summed E-state index contributed by atoms with van der Waals surface area (Å²) in [5.74, 6) is 0.936. The molecule has 2 unspecified atom stereocenters. The van der Waals surface area contributed by atoms with Crippen LogP contribution in [-0.2, 0) is 15.3 Å². The van der Waals surface area contributed by atoms with Crippen molar-refractivity contribution in [3.63, 3.8) is 0 Å². The van der Waals surface area contributed by atoms with Gasteiger partial charge in [-0.1, -0.05) is 35.3 Å². The molecule has 0 radical (unpaired) electrons. The Labute approximate surface area is 183 Å². The largest absolute Gasteiger partial charge is 0.495 e. The van der Waals surface area contributed by atoms with Crippen molar-refractivity contribution in [2.45, 2.75) is 30.1 Å². The lowest BCUT2D eigenvalue weighted by Gasteiger charge is -2.31. The van der Waals surface area contributed by atoms with E-state index in [1.165, 1.54) is 18.9 Å². The van der Waals surface area contributed by atoms with E-state index in [0.29, 0.717) is 27.2 Å². The number of hydrogen-bond donors (Lipinski definition) is 3. The third-order valence-electron chi connectivity index (χ3n) is 4.28. The van der Waals surface area contributed by atoms with Crippen molar-refractivity contribution in [1.82, 2.24) is 10.6 Å². The Kier molecular flexibility index (Phi) is 7.66. The van der Waals surface area contributed by atoms with E-state index in [1.54, 1.807) is 18.2 Å². The highest BCUT2D eigenvalue weighted by molar-refractivity contribution is 7.99. The van der Waals surface area contributed by atoms with Crippen molar-refractivity contribution in [2.75, 3.05) is 12.4 Å². The number of nitrogens with one attached hydrogen (secondary N) is 3. The maximum absolute atomic E-state index is 12.4. The Morgan fingerprint density at radius 3 is 2.83 bits per heavy atom. The van der Waals surface area contributed by atoms with Crippen molar-refractivity contribution < 1.29 is 14.3 Å². The van der Waals surface area contributed by atoms with Gasteiger partial charge in [-0.3, -0.25) is 14.9 Å². The lowest BCUT2D eigenvalue weighted by atomic mass is 10.1. The quantitative estimate of drug-likeness (QED) is 0.589. The van der Waals surface area contributed by atoms with Gasteiger partial charge in [-0.25, -0.2) is 0 Å². The first kappa shape index (κ1) is 21.8.